The highest BCUT2D eigenvalue weighted by molar-refractivity contribution is 5.86. The third kappa shape index (κ3) is 3.72. The van der Waals surface area contributed by atoms with Crippen LogP contribution in [0.1, 0.15) is 28.8 Å². The third-order valence-corrected chi connectivity index (χ3v) is 3.15. The van der Waals surface area contributed by atoms with Crippen molar-refractivity contribution < 1.29 is 14.6 Å². The number of carboxylic acids is 1. The lowest BCUT2D eigenvalue weighted by Crippen LogP contribution is -2.16. The monoisotopic (exact) mass is 301 g/mol. The van der Waals surface area contributed by atoms with E-state index in [-0.39, 0.29) is 12.3 Å². The fraction of sp³-hybridized carbons (Fsp3) is 0.312. The normalized spacial score (nSPS) is 10.3. The summed E-state index contributed by atoms with van der Waals surface area (Å²) in [6.45, 7) is 2.17. The minimum absolute atomic E-state index is 0.0407. The number of hydrogen-bond acceptors (Lipinski definition) is 5. The maximum absolute atomic E-state index is 11.2. The average Bonchev–Trinajstić information content (AvgIpc) is 2.52. The van der Waals surface area contributed by atoms with Crippen LogP contribution in [0, 0.1) is 0 Å². The van der Waals surface area contributed by atoms with Crippen LogP contribution in [-0.2, 0) is 13.0 Å². The maximum Gasteiger partial charge on any atom is 0.354 e. The molecule has 22 heavy (non-hydrogen) atoms. The van der Waals surface area contributed by atoms with Crippen molar-refractivity contribution in [3.8, 4) is 5.75 Å². The fourth-order valence-electron chi connectivity index (χ4n) is 1.97. The Morgan fingerprint density at radius 1 is 1.27 bits per heavy atom. The largest absolute Gasteiger partial charge is 0.485 e. The van der Waals surface area contributed by atoms with Crippen molar-refractivity contribution in [3.05, 3.63) is 47.4 Å². The van der Waals surface area contributed by atoms with Crippen molar-refractivity contribution in [2.45, 2.75) is 20.0 Å². The van der Waals surface area contributed by atoms with E-state index in [1.807, 2.05) is 31.2 Å². The van der Waals surface area contributed by atoms with E-state index in [0.717, 1.165) is 17.7 Å². The van der Waals surface area contributed by atoms with Crippen molar-refractivity contribution in [3.63, 3.8) is 0 Å². The van der Waals surface area contributed by atoms with Crippen LogP contribution in [0.5, 0.6) is 5.75 Å². The number of anilines is 1. The van der Waals surface area contributed by atoms with Gasteiger partial charge in [0, 0.05) is 20.2 Å². The number of aromatic carboxylic acids is 1. The highest BCUT2D eigenvalue weighted by Gasteiger charge is 2.12. The van der Waals surface area contributed by atoms with E-state index >= 15 is 0 Å². The number of rotatable bonds is 6. The molecule has 0 aliphatic heterocycles. The standard InChI is InChI=1S/C16H19N3O3/c1-4-11-7-5-6-8-13(11)22-10-14-17-12(16(20)21)9-15(18-14)19(2)3/h5-9H,4,10H2,1-3H3,(H,20,21). The quantitative estimate of drug-likeness (QED) is 0.883. The molecule has 6 heteroatoms. The highest BCUT2D eigenvalue weighted by atomic mass is 16.5. The van der Waals surface area contributed by atoms with Gasteiger partial charge in [0.05, 0.1) is 0 Å². The highest BCUT2D eigenvalue weighted by Crippen LogP contribution is 2.19. The van der Waals surface area contributed by atoms with Gasteiger partial charge in [0.2, 0.25) is 0 Å². The number of para-hydroxylation sites is 1. The van der Waals surface area contributed by atoms with E-state index in [4.69, 9.17) is 9.84 Å². The van der Waals surface area contributed by atoms with Gasteiger partial charge in [-0.3, -0.25) is 0 Å². The summed E-state index contributed by atoms with van der Waals surface area (Å²) < 4.78 is 5.75. The van der Waals surface area contributed by atoms with Crippen LogP contribution in [-0.4, -0.2) is 35.1 Å². The molecular weight excluding hydrogens is 282 g/mol. The van der Waals surface area contributed by atoms with Crippen LogP contribution in [0.4, 0.5) is 5.82 Å². The van der Waals surface area contributed by atoms with Crippen molar-refractivity contribution in [2.75, 3.05) is 19.0 Å². The molecule has 116 valence electrons. The van der Waals surface area contributed by atoms with Gasteiger partial charge >= 0.3 is 5.97 Å². The molecule has 0 radical (unpaired) electrons. The summed E-state index contributed by atoms with van der Waals surface area (Å²) in [5.41, 5.74) is 1.05. The summed E-state index contributed by atoms with van der Waals surface area (Å²) in [4.78, 5) is 21.2. The second-order valence-corrected chi connectivity index (χ2v) is 4.98. The topological polar surface area (TPSA) is 75.6 Å². The SMILES string of the molecule is CCc1ccccc1OCc1nc(C(=O)O)cc(N(C)C)n1. The molecule has 0 saturated heterocycles. The minimum Gasteiger partial charge on any atom is -0.485 e. The van der Waals surface area contributed by atoms with Gasteiger partial charge in [-0.2, -0.15) is 0 Å². The average molecular weight is 301 g/mol. The van der Waals surface area contributed by atoms with Crippen molar-refractivity contribution in [1.82, 2.24) is 9.97 Å². The molecule has 0 unspecified atom stereocenters. The smallest absolute Gasteiger partial charge is 0.354 e. The number of benzene rings is 1. The molecule has 1 heterocycles. The number of aryl methyl sites for hydroxylation is 1. The van der Waals surface area contributed by atoms with Gasteiger partial charge in [0.15, 0.2) is 11.5 Å². The van der Waals surface area contributed by atoms with Crippen LogP contribution in [0.15, 0.2) is 30.3 Å². The van der Waals surface area contributed by atoms with Gasteiger partial charge in [-0.1, -0.05) is 25.1 Å². The zero-order valence-corrected chi connectivity index (χ0v) is 12.9. The molecule has 2 rings (SSSR count). The first-order valence-corrected chi connectivity index (χ1v) is 7.00. The van der Waals surface area contributed by atoms with Crippen LogP contribution in [0.25, 0.3) is 0 Å². The Balaban J connectivity index is 2.23. The molecule has 0 amide bonds. The predicted octanol–water partition coefficient (Wildman–Crippen LogP) is 2.38. The van der Waals surface area contributed by atoms with E-state index < -0.39 is 5.97 Å². The number of carbonyl (C=O) groups is 1. The summed E-state index contributed by atoms with van der Waals surface area (Å²) in [6, 6.07) is 9.17. The van der Waals surface area contributed by atoms with Gasteiger partial charge in [-0.25, -0.2) is 14.8 Å². The van der Waals surface area contributed by atoms with Gasteiger partial charge in [0.1, 0.15) is 18.2 Å². The lowest BCUT2D eigenvalue weighted by Gasteiger charge is -2.14. The third-order valence-electron chi connectivity index (χ3n) is 3.15. The van der Waals surface area contributed by atoms with Crippen molar-refractivity contribution in [1.29, 1.82) is 0 Å². The molecule has 1 aromatic carbocycles. The summed E-state index contributed by atoms with van der Waals surface area (Å²) >= 11 is 0. The van der Waals surface area contributed by atoms with Crippen LogP contribution < -0.4 is 9.64 Å². The van der Waals surface area contributed by atoms with Gasteiger partial charge in [0.25, 0.3) is 0 Å². The molecule has 1 N–H and O–H groups in total. The lowest BCUT2D eigenvalue weighted by atomic mass is 10.1. The maximum atomic E-state index is 11.2. The second kappa shape index (κ2) is 6.89. The Hall–Kier alpha value is -2.63. The first-order valence-electron chi connectivity index (χ1n) is 7.00. The number of nitrogens with zero attached hydrogens (tertiary/aromatic N) is 3. The molecule has 0 fully saturated rings. The molecule has 0 bridgehead atoms. The summed E-state index contributed by atoms with van der Waals surface area (Å²) in [5.74, 6) is 0.561. The first kappa shape index (κ1) is 15.8. The van der Waals surface area contributed by atoms with Crippen LogP contribution >= 0.6 is 0 Å². The van der Waals surface area contributed by atoms with Crippen LogP contribution in [0.3, 0.4) is 0 Å². The molecule has 6 nitrogen and oxygen atoms in total. The molecule has 0 spiro atoms. The van der Waals surface area contributed by atoms with E-state index in [0.29, 0.717) is 11.6 Å². The van der Waals surface area contributed by atoms with E-state index in [1.54, 1.807) is 19.0 Å². The Kier molecular flexibility index (Phi) is 4.93. The van der Waals surface area contributed by atoms with E-state index in [1.165, 1.54) is 6.07 Å². The molecule has 0 aliphatic rings. The minimum atomic E-state index is -1.08. The Morgan fingerprint density at radius 2 is 2.00 bits per heavy atom. The summed E-state index contributed by atoms with van der Waals surface area (Å²) in [6.07, 6.45) is 0.856. The zero-order valence-electron chi connectivity index (χ0n) is 12.9. The molecule has 1 aromatic heterocycles. The summed E-state index contributed by atoms with van der Waals surface area (Å²) in [7, 11) is 3.59. The van der Waals surface area contributed by atoms with E-state index in [9.17, 15) is 4.79 Å². The van der Waals surface area contributed by atoms with Crippen molar-refractivity contribution in [2.24, 2.45) is 0 Å². The molecule has 0 atom stereocenters. The Bertz CT molecular complexity index is 671. The first-order chi connectivity index (χ1) is 10.5. The van der Waals surface area contributed by atoms with Gasteiger partial charge in [-0.05, 0) is 18.1 Å². The Morgan fingerprint density at radius 3 is 2.64 bits per heavy atom. The second-order valence-electron chi connectivity index (χ2n) is 4.98. The molecule has 2 aromatic rings. The Labute approximate surface area is 129 Å². The van der Waals surface area contributed by atoms with E-state index in [2.05, 4.69) is 9.97 Å². The molecule has 0 aliphatic carbocycles. The van der Waals surface area contributed by atoms with Crippen molar-refractivity contribution >= 4 is 11.8 Å². The number of aromatic nitrogens is 2. The number of carboxylic acid groups (broad SMARTS) is 1. The number of ether oxygens (including phenoxy) is 1. The van der Waals surface area contributed by atoms with Crippen LogP contribution in [0.2, 0.25) is 0 Å². The predicted molar refractivity (Wildman–Crippen MR) is 83.5 cm³/mol. The lowest BCUT2D eigenvalue weighted by molar-refractivity contribution is 0.0689. The van der Waals surface area contributed by atoms with Gasteiger partial charge < -0.3 is 14.7 Å². The number of hydrogen-bond donors (Lipinski definition) is 1. The fourth-order valence-corrected chi connectivity index (χ4v) is 1.97. The molecule has 0 saturated carbocycles. The van der Waals surface area contributed by atoms with Gasteiger partial charge in [-0.15, -0.1) is 0 Å². The zero-order chi connectivity index (χ0) is 16.1. The summed E-state index contributed by atoms with van der Waals surface area (Å²) in [5, 5.41) is 9.13. The molecular formula is C16H19N3O3.